The molecule has 0 fully saturated rings. The van der Waals surface area contributed by atoms with E-state index in [0.29, 0.717) is 5.57 Å². The maximum Gasteiger partial charge on any atom is 0.185 e. The van der Waals surface area contributed by atoms with E-state index in [-0.39, 0.29) is 22.1 Å². The number of benzene rings is 2. The molecule has 1 aliphatic carbocycles. The smallest absolute Gasteiger partial charge is 0.185 e. The Bertz CT molecular complexity index is 1370. The molecule has 0 amide bonds. The van der Waals surface area contributed by atoms with Gasteiger partial charge in [0.2, 0.25) is 0 Å². The maximum absolute atomic E-state index is 13.1. The molecule has 3 aliphatic rings. The molecule has 2 aromatic carbocycles. The zero-order chi connectivity index (χ0) is 25.4. The molecule has 0 saturated carbocycles. The van der Waals surface area contributed by atoms with Gasteiger partial charge in [-0.05, 0) is 47.9 Å². The summed E-state index contributed by atoms with van der Waals surface area (Å²) in [6.07, 6.45) is 8.54. The summed E-state index contributed by atoms with van der Waals surface area (Å²) in [5.74, 6) is 0.192. The average Bonchev–Trinajstić information content (AvgIpc) is 3.13. The molecule has 0 radical (unpaired) electrons. The number of hydrogen-bond acceptors (Lipinski definition) is 6. The van der Waals surface area contributed by atoms with Crippen LogP contribution in [0.1, 0.15) is 38.3 Å². The Morgan fingerprint density at radius 2 is 1.92 bits per heavy atom. The number of anilines is 2. The Hall–Kier alpha value is -3.51. The van der Waals surface area contributed by atoms with Crippen LogP contribution in [0.3, 0.4) is 0 Å². The minimum atomic E-state index is -0.633. The molecular formula is C30H30N2O3S. The van der Waals surface area contributed by atoms with Crippen LogP contribution in [0.15, 0.2) is 90.0 Å². The Kier molecular flexibility index (Phi) is 6.39. The molecule has 2 aromatic rings. The van der Waals surface area contributed by atoms with Crippen LogP contribution in [0.4, 0.5) is 11.4 Å². The van der Waals surface area contributed by atoms with Gasteiger partial charge in [0, 0.05) is 53.5 Å². The topological polar surface area (TPSA) is 69.6 Å². The number of nitrogens with zero attached hydrogens (tertiary/aromatic N) is 1. The van der Waals surface area contributed by atoms with Gasteiger partial charge in [0.25, 0.3) is 0 Å². The second-order valence-corrected chi connectivity index (χ2v) is 11.1. The maximum atomic E-state index is 13.1. The summed E-state index contributed by atoms with van der Waals surface area (Å²) in [7, 11) is 0. The second-order valence-electron chi connectivity index (χ2n) is 9.84. The van der Waals surface area contributed by atoms with Crippen LogP contribution < -0.4 is 10.2 Å². The number of carbonyl (C=O) groups excluding carboxylic acids is 2. The fourth-order valence-corrected chi connectivity index (χ4v) is 5.60. The van der Waals surface area contributed by atoms with Gasteiger partial charge in [0.15, 0.2) is 10.9 Å². The van der Waals surface area contributed by atoms with Crippen LogP contribution in [-0.4, -0.2) is 28.3 Å². The minimum absolute atomic E-state index is 0.0735. The highest BCUT2D eigenvalue weighted by molar-refractivity contribution is 8.13. The second kappa shape index (κ2) is 9.51. The number of Topliss-reactive ketones (excluding diaryl/α,β-unsaturated/α-hetero) is 1. The van der Waals surface area contributed by atoms with E-state index in [2.05, 4.69) is 36.2 Å². The first-order chi connectivity index (χ1) is 17.3. The predicted molar refractivity (Wildman–Crippen MR) is 148 cm³/mol. The number of thioether (sulfide) groups is 1. The Labute approximate surface area is 216 Å². The fourth-order valence-electron chi connectivity index (χ4n) is 5.04. The third kappa shape index (κ3) is 4.30. The molecule has 5 nitrogen and oxygen atoms in total. The van der Waals surface area contributed by atoms with Crippen molar-refractivity contribution in [2.24, 2.45) is 5.92 Å². The molecule has 1 unspecified atom stereocenters. The third-order valence-electron chi connectivity index (χ3n) is 7.10. The van der Waals surface area contributed by atoms with Gasteiger partial charge >= 0.3 is 0 Å². The standard InChI is InChI=1S/C30H30N2O3S/c1-19(33)36-16-8-14-32-15-13-20(21-9-4-7-12-26(21)32)17-22-28(34)23(29(22)35)18-27-30(2,3)24-10-5-6-11-25(24)31-27/h4-7,9-13,15,17-18,23,31,34H,8,14,16H2,1-3H3/b20-17-,27-18+. The Morgan fingerprint density at radius 1 is 1.17 bits per heavy atom. The minimum Gasteiger partial charge on any atom is -0.510 e. The number of aliphatic hydroxyl groups is 1. The molecule has 36 heavy (non-hydrogen) atoms. The molecule has 184 valence electrons. The van der Waals surface area contributed by atoms with Crippen molar-refractivity contribution >= 4 is 39.6 Å². The lowest BCUT2D eigenvalue weighted by Gasteiger charge is -2.30. The SMILES string of the molecule is CC(=O)SCCCN1C=C/C(=C/C2=C(O)C(/C=C3/Nc4ccccc4C3(C)C)C2=O)c2ccccc21. The van der Waals surface area contributed by atoms with Crippen molar-refractivity contribution in [1.29, 1.82) is 0 Å². The van der Waals surface area contributed by atoms with E-state index >= 15 is 0 Å². The van der Waals surface area contributed by atoms with E-state index in [9.17, 15) is 14.7 Å². The number of rotatable bonds is 6. The summed E-state index contributed by atoms with van der Waals surface area (Å²) in [6.45, 7) is 6.64. The van der Waals surface area contributed by atoms with Crippen molar-refractivity contribution in [3.63, 3.8) is 0 Å². The number of ketones is 1. The van der Waals surface area contributed by atoms with E-state index in [0.717, 1.165) is 46.9 Å². The van der Waals surface area contributed by atoms with Crippen LogP contribution in [0.2, 0.25) is 0 Å². The van der Waals surface area contributed by atoms with Crippen molar-refractivity contribution in [1.82, 2.24) is 0 Å². The normalized spacial score (nSPS) is 21.9. The van der Waals surface area contributed by atoms with Crippen LogP contribution >= 0.6 is 11.8 Å². The molecular weight excluding hydrogens is 468 g/mol. The van der Waals surface area contributed by atoms with E-state index in [1.54, 1.807) is 13.0 Å². The van der Waals surface area contributed by atoms with E-state index in [4.69, 9.17) is 0 Å². The number of carbonyl (C=O) groups is 2. The molecule has 2 heterocycles. The number of para-hydroxylation sites is 2. The van der Waals surface area contributed by atoms with Crippen LogP contribution in [0.25, 0.3) is 5.57 Å². The largest absolute Gasteiger partial charge is 0.510 e. The zero-order valence-corrected chi connectivity index (χ0v) is 21.6. The summed E-state index contributed by atoms with van der Waals surface area (Å²) in [5, 5.41) is 14.4. The predicted octanol–water partition coefficient (Wildman–Crippen LogP) is 6.37. The van der Waals surface area contributed by atoms with Crippen molar-refractivity contribution in [2.75, 3.05) is 22.5 Å². The number of hydrogen-bond donors (Lipinski definition) is 2. The van der Waals surface area contributed by atoms with E-state index in [1.165, 1.54) is 17.3 Å². The van der Waals surface area contributed by atoms with Gasteiger partial charge in [-0.1, -0.05) is 62.0 Å². The first-order valence-electron chi connectivity index (χ1n) is 12.2. The summed E-state index contributed by atoms with van der Waals surface area (Å²) in [4.78, 5) is 26.5. The third-order valence-corrected chi connectivity index (χ3v) is 8.00. The van der Waals surface area contributed by atoms with Gasteiger partial charge < -0.3 is 15.3 Å². The number of allylic oxidation sites excluding steroid dienone is 6. The first kappa shape index (κ1) is 24.2. The van der Waals surface area contributed by atoms with Crippen LogP contribution in [0.5, 0.6) is 0 Å². The number of fused-ring (bicyclic) bond motifs is 2. The van der Waals surface area contributed by atoms with E-state index < -0.39 is 5.92 Å². The summed E-state index contributed by atoms with van der Waals surface area (Å²) in [6, 6.07) is 16.2. The van der Waals surface area contributed by atoms with Gasteiger partial charge in [-0.3, -0.25) is 9.59 Å². The Balaban J connectivity index is 1.37. The molecule has 0 saturated heterocycles. The molecule has 1 atom stereocenters. The highest BCUT2D eigenvalue weighted by Gasteiger charge is 2.41. The van der Waals surface area contributed by atoms with Crippen molar-refractivity contribution in [3.05, 3.63) is 101 Å². The monoisotopic (exact) mass is 498 g/mol. The summed E-state index contributed by atoms with van der Waals surface area (Å²) >= 11 is 1.35. The van der Waals surface area contributed by atoms with Crippen molar-refractivity contribution < 1.29 is 14.7 Å². The lowest BCUT2D eigenvalue weighted by molar-refractivity contribution is -0.120. The molecule has 6 heteroatoms. The number of aliphatic hydroxyl groups excluding tert-OH is 1. The fraction of sp³-hybridized carbons (Fsp3) is 0.267. The van der Waals surface area contributed by atoms with Crippen LogP contribution in [-0.2, 0) is 15.0 Å². The van der Waals surface area contributed by atoms with Crippen molar-refractivity contribution in [3.8, 4) is 0 Å². The average molecular weight is 499 g/mol. The first-order valence-corrected chi connectivity index (χ1v) is 13.2. The molecule has 0 aromatic heterocycles. The van der Waals surface area contributed by atoms with Gasteiger partial charge in [-0.15, -0.1) is 0 Å². The molecule has 5 rings (SSSR count). The van der Waals surface area contributed by atoms with Gasteiger partial charge in [0.05, 0.1) is 5.57 Å². The molecule has 2 aliphatic heterocycles. The molecule has 2 N–H and O–H groups in total. The van der Waals surface area contributed by atoms with Crippen LogP contribution in [0, 0.1) is 5.92 Å². The lowest BCUT2D eigenvalue weighted by Crippen LogP contribution is -2.31. The van der Waals surface area contributed by atoms with Gasteiger partial charge in [-0.2, -0.15) is 0 Å². The number of nitrogens with one attached hydrogen (secondary N) is 1. The van der Waals surface area contributed by atoms with Gasteiger partial charge in [0.1, 0.15) is 11.7 Å². The zero-order valence-electron chi connectivity index (χ0n) is 20.7. The summed E-state index contributed by atoms with van der Waals surface area (Å²) in [5.41, 5.74) is 6.23. The quantitative estimate of drug-likeness (QED) is 0.451. The Morgan fingerprint density at radius 3 is 2.67 bits per heavy atom. The summed E-state index contributed by atoms with van der Waals surface area (Å²) < 4.78 is 0. The van der Waals surface area contributed by atoms with Gasteiger partial charge in [-0.25, -0.2) is 0 Å². The van der Waals surface area contributed by atoms with Crippen molar-refractivity contribution in [2.45, 2.75) is 32.6 Å². The lowest BCUT2D eigenvalue weighted by atomic mass is 9.77. The molecule has 0 bridgehead atoms. The highest BCUT2D eigenvalue weighted by atomic mass is 32.2. The molecule has 0 spiro atoms. The van der Waals surface area contributed by atoms with E-state index in [1.807, 2.05) is 54.8 Å². The highest BCUT2D eigenvalue weighted by Crippen LogP contribution is 2.45.